The predicted molar refractivity (Wildman–Crippen MR) is 113 cm³/mol. The zero-order valence-corrected chi connectivity index (χ0v) is 16.5. The second kappa shape index (κ2) is 8.48. The van der Waals surface area contributed by atoms with Gasteiger partial charge in [-0.05, 0) is 54.6 Å². The number of carbonyl (C=O) groups is 1. The summed E-state index contributed by atoms with van der Waals surface area (Å²) < 4.78 is 15.8. The molecule has 0 aliphatic carbocycles. The van der Waals surface area contributed by atoms with Gasteiger partial charge in [0.15, 0.2) is 0 Å². The molecule has 4 aromatic rings. The maximum Gasteiger partial charge on any atom is 0.260 e. The van der Waals surface area contributed by atoms with Crippen LogP contribution in [-0.2, 0) is 0 Å². The molecule has 7 nitrogen and oxygen atoms in total. The van der Waals surface area contributed by atoms with E-state index in [2.05, 4.69) is 15.5 Å². The first kappa shape index (κ1) is 19.2. The standard InChI is InChI=1S/C23H19N3O4/c1-28-17-12-10-15(11-13-17)21-25-23(30-26-21)19-8-3-4-9-20(19)24-22(27)16-6-5-7-18(14-16)29-2/h3-14H,1-2H3,(H,24,27). The van der Waals surface area contributed by atoms with Crippen LogP contribution in [0.15, 0.2) is 77.3 Å². The molecule has 0 saturated carbocycles. The quantitative estimate of drug-likeness (QED) is 0.505. The van der Waals surface area contributed by atoms with Crippen molar-refractivity contribution in [2.75, 3.05) is 19.5 Å². The van der Waals surface area contributed by atoms with Crippen molar-refractivity contribution in [2.24, 2.45) is 0 Å². The lowest BCUT2D eigenvalue weighted by Crippen LogP contribution is -2.12. The molecule has 30 heavy (non-hydrogen) atoms. The second-order valence-electron chi connectivity index (χ2n) is 6.38. The van der Waals surface area contributed by atoms with E-state index in [1.807, 2.05) is 42.5 Å². The third-order valence-electron chi connectivity index (χ3n) is 4.51. The molecule has 1 heterocycles. The van der Waals surface area contributed by atoms with Crippen molar-refractivity contribution < 1.29 is 18.8 Å². The van der Waals surface area contributed by atoms with Gasteiger partial charge in [0.1, 0.15) is 11.5 Å². The minimum Gasteiger partial charge on any atom is -0.497 e. The summed E-state index contributed by atoms with van der Waals surface area (Å²) in [7, 11) is 3.17. The van der Waals surface area contributed by atoms with Crippen LogP contribution < -0.4 is 14.8 Å². The fourth-order valence-electron chi connectivity index (χ4n) is 2.93. The van der Waals surface area contributed by atoms with Gasteiger partial charge in [-0.25, -0.2) is 0 Å². The van der Waals surface area contributed by atoms with Gasteiger partial charge < -0.3 is 19.3 Å². The number of nitrogens with zero attached hydrogens (tertiary/aromatic N) is 2. The highest BCUT2D eigenvalue weighted by atomic mass is 16.5. The number of hydrogen-bond donors (Lipinski definition) is 1. The summed E-state index contributed by atoms with van der Waals surface area (Å²) in [6.07, 6.45) is 0. The van der Waals surface area contributed by atoms with Crippen LogP contribution in [0.5, 0.6) is 11.5 Å². The first-order valence-electron chi connectivity index (χ1n) is 9.21. The second-order valence-corrected chi connectivity index (χ2v) is 6.38. The molecule has 0 radical (unpaired) electrons. The van der Waals surface area contributed by atoms with E-state index in [4.69, 9.17) is 14.0 Å². The molecule has 0 aliphatic rings. The number of ether oxygens (including phenoxy) is 2. The van der Waals surface area contributed by atoms with Crippen molar-refractivity contribution in [3.05, 3.63) is 78.4 Å². The Kier molecular flexibility index (Phi) is 5.43. The van der Waals surface area contributed by atoms with Crippen molar-refractivity contribution in [3.63, 3.8) is 0 Å². The highest BCUT2D eigenvalue weighted by molar-refractivity contribution is 6.06. The van der Waals surface area contributed by atoms with E-state index in [0.717, 1.165) is 11.3 Å². The van der Waals surface area contributed by atoms with Crippen molar-refractivity contribution in [1.82, 2.24) is 10.1 Å². The first-order valence-corrected chi connectivity index (χ1v) is 9.21. The Hall–Kier alpha value is -4.13. The average Bonchev–Trinajstić information content (AvgIpc) is 3.29. The normalized spacial score (nSPS) is 10.5. The Morgan fingerprint density at radius 3 is 2.43 bits per heavy atom. The van der Waals surface area contributed by atoms with E-state index in [-0.39, 0.29) is 5.91 Å². The van der Waals surface area contributed by atoms with Crippen molar-refractivity contribution >= 4 is 11.6 Å². The fraction of sp³-hybridized carbons (Fsp3) is 0.0870. The topological polar surface area (TPSA) is 86.5 Å². The number of aromatic nitrogens is 2. The molecule has 0 fully saturated rings. The predicted octanol–water partition coefficient (Wildman–Crippen LogP) is 4.67. The molecule has 4 rings (SSSR count). The van der Waals surface area contributed by atoms with E-state index in [1.54, 1.807) is 44.6 Å². The Morgan fingerprint density at radius 1 is 0.900 bits per heavy atom. The maximum absolute atomic E-state index is 12.7. The molecule has 1 aromatic heterocycles. The number of nitrogens with one attached hydrogen (secondary N) is 1. The number of anilines is 1. The number of para-hydroxylation sites is 1. The number of methoxy groups -OCH3 is 2. The molecular weight excluding hydrogens is 382 g/mol. The lowest BCUT2D eigenvalue weighted by molar-refractivity contribution is 0.102. The summed E-state index contributed by atoms with van der Waals surface area (Å²) in [6, 6.07) is 21.6. The number of carbonyl (C=O) groups excluding carboxylic acids is 1. The molecule has 0 bridgehead atoms. The van der Waals surface area contributed by atoms with Gasteiger partial charge in [0.2, 0.25) is 5.82 Å². The Balaban J connectivity index is 1.60. The summed E-state index contributed by atoms with van der Waals surface area (Å²) in [5.41, 5.74) is 2.47. The molecular formula is C23H19N3O4. The lowest BCUT2D eigenvalue weighted by atomic mass is 10.1. The van der Waals surface area contributed by atoms with Crippen LogP contribution in [0.4, 0.5) is 5.69 Å². The number of benzene rings is 3. The largest absolute Gasteiger partial charge is 0.497 e. The molecule has 0 unspecified atom stereocenters. The molecule has 1 amide bonds. The summed E-state index contributed by atoms with van der Waals surface area (Å²) in [6.45, 7) is 0. The van der Waals surface area contributed by atoms with Crippen LogP contribution in [0, 0.1) is 0 Å². The van der Waals surface area contributed by atoms with Crippen LogP contribution in [0.1, 0.15) is 10.4 Å². The Morgan fingerprint density at radius 2 is 1.67 bits per heavy atom. The first-order chi connectivity index (χ1) is 14.7. The molecule has 3 aromatic carbocycles. The zero-order chi connectivity index (χ0) is 20.9. The van der Waals surface area contributed by atoms with Gasteiger partial charge in [0, 0.05) is 11.1 Å². The molecule has 0 atom stereocenters. The third kappa shape index (κ3) is 4.00. The summed E-state index contributed by atoms with van der Waals surface area (Å²) in [5, 5.41) is 6.97. The van der Waals surface area contributed by atoms with Gasteiger partial charge in [-0.15, -0.1) is 0 Å². The zero-order valence-electron chi connectivity index (χ0n) is 16.5. The van der Waals surface area contributed by atoms with Gasteiger partial charge in [-0.3, -0.25) is 4.79 Å². The van der Waals surface area contributed by atoms with Gasteiger partial charge in [0.05, 0.1) is 25.5 Å². The van der Waals surface area contributed by atoms with Gasteiger partial charge in [-0.1, -0.05) is 23.4 Å². The highest BCUT2D eigenvalue weighted by Crippen LogP contribution is 2.29. The van der Waals surface area contributed by atoms with Crippen LogP contribution in [0.25, 0.3) is 22.8 Å². The average molecular weight is 401 g/mol. The van der Waals surface area contributed by atoms with Crippen LogP contribution in [0.3, 0.4) is 0 Å². The van der Waals surface area contributed by atoms with Crippen molar-refractivity contribution in [3.8, 4) is 34.3 Å². The van der Waals surface area contributed by atoms with Gasteiger partial charge >= 0.3 is 0 Å². The minimum atomic E-state index is -0.267. The fourth-order valence-corrected chi connectivity index (χ4v) is 2.93. The summed E-state index contributed by atoms with van der Waals surface area (Å²) in [4.78, 5) is 17.2. The number of rotatable bonds is 6. The monoisotopic (exact) mass is 401 g/mol. The molecule has 7 heteroatoms. The van der Waals surface area contributed by atoms with E-state index in [9.17, 15) is 4.79 Å². The molecule has 150 valence electrons. The van der Waals surface area contributed by atoms with Gasteiger partial charge in [-0.2, -0.15) is 4.98 Å². The van der Waals surface area contributed by atoms with Gasteiger partial charge in [0.25, 0.3) is 11.8 Å². The van der Waals surface area contributed by atoms with Crippen LogP contribution in [0.2, 0.25) is 0 Å². The Labute approximate surface area is 173 Å². The molecule has 1 N–H and O–H groups in total. The van der Waals surface area contributed by atoms with E-state index < -0.39 is 0 Å². The summed E-state index contributed by atoms with van der Waals surface area (Å²) >= 11 is 0. The highest BCUT2D eigenvalue weighted by Gasteiger charge is 2.16. The molecule has 0 saturated heterocycles. The molecule has 0 spiro atoms. The van der Waals surface area contributed by atoms with Crippen LogP contribution >= 0.6 is 0 Å². The van der Waals surface area contributed by atoms with E-state index in [0.29, 0.717) is 34.3 Å². The van der Waals surface area contributed by atoms with Crippen LogP contribution in [-0.4, -0.2) is 30.3 Å². The van der Waals surface area contributed by atoms with E-state index >= 15 is 0 Å². The Bertz CT molecular complexity index is 1170. The SMILES string of the molecule is COc1ccc(-c2noc(-c3ccccc3NC(=O)c3cccc(OC)c3)n2)cc1. The number of amides is 1. The van der Waals surface area contributed by atoms with E-state index in [1.165, 1.54) is 0 Å². The third-order valence-corrected chi connectivity index (χ3v) is 4.51. The smallest absolute Gasteiger partial charge is 0.260 e. The lowest BCUT2D eigenvalue weighted by Gasteiger charge is -2.09. The number of hydrogen-bond acceptors (Lipinski definition) is 6. The van der Waals surface area contributed by atoms with Crippen molar-refractivity contribution in [2.45, 2.75) is 0 Å². The minimum absolute atomic E-state index is 0.267. The van der Waals surface area contributed by atoms with Crippen molar-refractivity contribution in [1.29, 1.82) is 0 Å². The molecule has 0 aliphatic heterocycles. The maximum atomic E-state index is 12.7. The summed E-state index contributed by atoms with van der Waals surface area (Å²) in [5.74, 6) is 1.84.